The van der Waals surface area contributed by atoms with Gasteiger partial charge in [-0.2, -0.15) is 0 Å². The molecule has 0 fully saturated rings. The topological polar surface area (TPSA) is 17.8 Å². The Kier molecular flexibility index (Phi) is 2.58. The standard InChI is InChI=1S/C13H16N2/c1-10-6-11(2)8-13(7-10)12(3)15-5-4-14-9-15/h4-9,12H,1-3H3. The van der Waals surface area contributed by atoms with Gasteiger partial charge >= 0.3 is 0 Å². The predicted octanol–water partition coefficient (Wildman–Crippen LogP) is 3.11. The Hall–Kier alpha value is -1.57. The number of nitrogens with zero attached hydrogens (tertiary/aromatic N) is 2. The van der Waals surface area contributed by atoms with Crippen molar-refractivity contribution in [3.63, 3.8) is 0 Å². The van der Waals surface area contributed by atoms with Crippen LogP contribution in [-0.2, 0) is 0 Å². The van der Waals surface area contributed by atoms with Crippen LogP contribution in [0.4, 0.5) is 0 Å². The van der Waals surface area contributed by atoms with Crippen LogP contribution in [0.2, 0.25) is 0 Å². The van der Waals surface area contributed by atoms with Crippen molar-refractivity contribution >= 4 is 0 Å². The summed E-state index contributed by atoms with van der Waals surface area (Å²) in [5.74, 6) is 0. The Labute approximate surface area is 90.6 Å². The van der Waals surface area contributed by atoms with Crippen LogP contribution in [0.15, 0.2) is 36.9 Å². The first-order chi connectivity index (χ1) is 7.16. The molecule has 0 saturated carbocycles. The van der Waals surface area contributed by atoms with Crippen LogP contribution in [0, 0.1) is 13.8 Å². The second-order valence-corrected chi connectivity index (χ2v) is 4.11. The van der Waals surface area contributed by atoms with Crippen molar-refractivity contribution < 1.29 is 0 Å². The Balaban J connectivity index is 2.37. The number of benzene rings is 1. The predicted molar refractivity (Wildman–Crippen MR) is 62.0 cm³/mol. The quantitative estimate of drug-likeness (QED) is 0.728. The number of aryl methyl sites for hydroxylation is 2. The minimum absolute atomic E-state index is 0.353. The number of hydrogen-bond donors (Lipinski definition) is 0. The monoisotopic (exact) mass is 200 g/mol. The SMILES string of the molecule is Cc1cc(C)cc(C(C)n2ccnc2)c1. The average Bonchev–Trinajstić information content (AvgIpc) is 2.67. The maximum absolute atomic E-state index is 4.08. The zero-order valence-electron chi connectivity index (χ0n) is 9.44. The molecule has 0 aliphatic heterocycles. The second-order valence-electron chi connectivity index (χ2n) is 4.11. The lowest BCUT2D eigenvalue weighted by atomic mass is 10.0. The van der Waals surface area contributed by atoms with E-state index in [1.54, 1.807) is 0 Å². The molecule has 0 N–H and O–H groups in total. The zero-order valence-corrected chi connectivity index (χ0v) is 9.44. The van der Waals surface area contributed by atoms with Crippen LogP contribution in [0.5, 0.6) is 0 Å². The lowest BCUT2D eigenvalue weighted by Gasteiger charge is -2.14. The molecule has 78 valence electrons. The highest BCUT2D eigenvalue weighted by Crippen LogP contribution is 2.20. The van der Waals surface area contributed by atoms with Gasteiger partial charge in [-0.25, -0.2) is 4.98 Å². The molecule has 2 aromatic rings. The van der Waals surface area contributed by atoms with E-state index in [4.69, 9.17) is 0 Å². The van der Waals surface area contributed by atoms with Gasteiger partial charge in [0.1, 0.15) is 0 Å². The second kappa shape index (κ2) is 3.89. The summed E-state index contributed by atoms with van der Waals surface area (Å²) in [5, 5.41) is 0. The van der Waals surface area contributed by atoms with Crippen molar-refractivity contribution in [2.24, 2.45) is 0 Å². The minimum atomic E-state index is 0.353. The fraction of sp³-hybridized carbons (Fsp3) is 0.308. The van der Waals surface area contributed by atoms with Crippen molar-refractivity contribution in [1.29, 1.82) is 0 Å². The van der Waals surface area contributed by atoms with Crippen molar-refractivity contribution in [3.8, 4) is 0 Å². The van der Waals surface area contributed by atoms with Crippen LogP contribution in [0.25, 0.3) is 0 Å². The van der Waals surface area contributed by atoms with E-state index in [1.807, 2.05) is 18.7 Å². The highest BCUT2D eigenvalue weighted by atomic mass is 15.0. The first-order valence-corrected chi connectivity index (χ1v) is 5.22. The van der Waals surface area contributed by atoms with Crippen molar-refractivity contribution in [2.45, 2.75) is 26.8 Å². The molecule has 0 amide bonds. The lowest BCUT2D eigenvalue weighted by Crippen LogP contribution is -2.04. The van der Waals surface area contributed by atoms with Crippen LogP contribution in [0.1, 0.15) is 29.7 Å². The van der Waals surface area contributed by atoms with Crippen molar-refractivity contribution in [1.82, 2.24) is 9.55 Å². The Morgan fingerprint density at radius 1 is 1.13 bits per heavy atom. The molecule has 0 saturated heterocycles. The smallest absolute Gasteiger partial charge is 0.0951 e. The molecule has 1 unspecified atom stereocenters. The highest BCUT2D eigenvalue weighted by molar-refractivity contribution is 5.30. The number of imidazole rings is 1. The summed E-state index contributed by atoms with van der Waals surface area (Å²) >= 11 is 0. The van der Waals surface area contributed by atoms with Gasteiger partial charge < -0.3 is 4.57 Å². The van der Waals surface area contributed by atoms with Gasteiger partial charge in [0.2, 0.25) is 0 Å². The molecule has 1 atom stereocenters. The van der Waals surface area contributed by atoms with Crippen molar-refractivity contribution in [3.05, 3.63) is 53.6 Å². The molecular weight excluding hydrogens is 184 g/mol. The third-order valence-electron chi connectivity index (χ3n) is 2.70. The molecular formula is C13H16N2. The summed E-state index contributed by atoms with van der Waals surface area (Å²) in [6, 6.07) is 7.02. The van der Waals surface area contributed by atoms with Gasteiger partial charge in [-0.3, -0.25) is 0 Å². The van der Waals surface area contributed by atoms with Crippen LogP contribution in [-0.4, -0.2) is 9.55 Å². The van der Waals surface area contributed by atoms with E-state index in [0.29, 0.717) is 6.04 Å². The molecule has 1 aromatic heterocycles. The Morgan fingerprint density at radius 2 is 1.80 bits per heavy atom. The molecule has 0 spiro atoms. The summed E-state index contributed by atoms with van der Waals surface area (Å²) in [4.78, 5) is 4.08. The zero-order chi connectivity index (χ0) is 10.8. The van der Waals surface area contributed by atoms with E-state index < -0.39 is 0 Å². The van der Waals surface area contributed by atoms with Gasteiger partial charge in [0.15, 0.2) is 0 Å². The summed E-state index contributed by atoms with van der Waals surface area (Å²) in [5.41, 5.74) is 3.97. The molecule has 2 heteroatoms. The highest BCUT2D eigenvalue weighted by Gasteiger charge is 2.07. The van der Waals surface area contributed by atoms with Crippen molar-refractivity contribution in [2.75, 3.05) is 0 Å². The maximum Gasteiger partial charge on any atom is 0.0951 e. The van der Waals surface area contributed by atoms with E-state index in [9.17, 15) is 0 Å². The normalized spacial score (nSPS) is 12.7. The first kappa shape index (κ1) is 9.97. The van der Waals surface area contributed by atoms with E-state index >= 15 is 0 Å². The molecule has 0 aliphatic carbocycles. The summed E-state index contributed by atoms with van der Waals surface area (Å²) in [6.45, 7) is 6.46. The van der Waals surface area contributed by atoms with Gasteiger partial charge in [0, 0.05) is 12.4 Å². The summed E-state index contributed by atoms with van der Waals surface area (Å²) < 4.78 is 2.12. The van der Waals surface area contributed by atoms with Gasteiger partial charge in [-0.05, 0) is 26.3 Å². The third kappa shape index (κ3) is 2.09. The summed E-state index contributed by atoms with van der Waals surface area (Å²) in [7, 11) is 0. The molecule has 2 nitrogen and oxygen atoms in total. The number of hydrogen-bond acceptors (Lipinski definition) is 1. The van der Waals surface area contributed by atoms with E-state index in [-0.39, 0.29) is 0 Å². The molecule has 2 rings (SSSR count). The fourth-order valence-electron chi connectivity index (χ4n) is 1.92. The summed E-state index contributed by atoms with van der Waals surface area (Å²) in [6.07, 6.45) is 5.68. The minimum Gasteiger partial charge on any atom is -0.330 e. The molecule has 1 aromatic carbocycles. The Bertz CT molecular complexity index is 423. The Morgan fingerprint density at radius 3 is 2.33 bits per heavy atom. The first-order valence-electron chi connectivity index (χ1n) is 5.22. The van der Waals surface area contributed by atoms with Crippen LogP contribution in [0.3, 0.4) is 0 Å². The van der Waals surface area contributed by atoms with Gasteiger partial charge in [0.25, 0.3) is 0 Å². The van der Waals surface area contributed by atoms with E-state index in [0.717, 1.165) is 0 Å². The molecule has 0 bridgehead atoms. The van der Waals surface area contributed by atoms with Crippen LogP contribution < -0.4 is 0 Å². The largest absolute Gasteiger partial charge is 0.330 e. The fourth-order valence-corrected chi connectivity index (χ4v) is 1.92. The van der Waals surface area contributed by atoms with Gasteiger partial charge in [-0.1, -0.05) is 29.3 Å². The van der Waals surface area contributed by atoms with E-state index in [1.165, 1.54) is 16.7 Å². The molecule has 1 heterocycles. The maximum atomic E-state index is 4.08. The third-order valence-corrected chi connectivity index (χ3v) is 2.70. The molecule has 0 radical (unpaired) electrons. The van der Waals surface area contributed by atoms with Gasteiger partial charge in [0.05, 0.1) is 12.4 Å². The molecule has 15 heavy (non-hydrogen) atoms. The van der Waals surface area contributed by atoms with Gasteiger partial charge in [-0.15, -0.1) is 0 Å². The van der Waals surface area contributed by atoms with E-state index in [2.05, 4.69) is 48.5 Å². The lowest BCUT2D eigenvalue weighted by molar-refractivity contribution is 0.637. The number of rotatable bonds is 2. The molecule has 0 aliphatic rings. The number of aromatic nitrogens is 2. The average molecular weight is 200 g/mol. The van der Waals surface area contributed by atoms with Crippen LogP contribution >= 0.6 is 0 Å².